The molecular weight excluding hydrogens is 372 g/mol. The molecule has 4 rings (SSSR count). The van der Waals surface area contributed by atoms with Gasteiger partial charge in [-0.05, 0) is 81.3 Å². The molecule has 1 saturated heterocycles. The fourth-order valence-corrected chi connectivity index (χ4v) is 5.30. The molecule has 162 valence electrons. The fourth-order valence-electron chi connectivity index (χ4n) is 5.30. The van der Waals surface area contributed by atoms with Gasteiger partial charge in [0.1, 0.15) is 5.75 Å². The number of phenols is 1. The Kier molecular flexibility index (Phi) is 6.47. The van der Waals surface area contributed by atoms with Gasteiger partial charge in [-0.1, -0.05) is 36.4 Å². The van der Waals surface area contributed by atoms with Crippen molar-refractivity contribution in [3.63, 3.8) is 0 Å². The Hall–Kier alpha value is -1.88. The number of aromatic hydroxyl groups is 1. The van der Waals surface area contributed by atoms with Crippen LogP contribution in [0.4, 0.5) is 0 Å². The highest BCUT2D eigenvalue weighted by Crippen LogP contribution is 2.40. The molecule has 0 bridgehead atoms. The molecule has 0 saturated carbocycles. The molecule has 4 nitrogen and oxygen atoms in total. The molecule has 3 unspecified atom stereocenters. The smallest absolute Gasteiger partial charge is 0.122 e. The molecule has 3 atom stereocenters. The molecule has 30 heavy (non-hydrogen) atoms. The minimum Gasteiger partial charge on any atom is -0.507 e. The van der Waals surface area contributed by atoms with Crippen LogP contribution >= 0.6 is 0 Å². The number of rotatable bonds is 5. The van der Waals surface area contributed by atoms with Crippen molar-refractivity contribution >= 4 is 0 Å². The van der Waals surface area contributed by atoms with E-state index in [1.807, 2.05) is 13.0 Å². The monoisotopic (exact) mass is 408 g/mol. The number of ether oxygens (including phenoxy) is 1. The third-order valence-corrected chi connectivity index (χ3v) is 7.33. The van der Waals surface area contributed by atoms with Gasteiger partial charge in [0, 0.05) is 24.6 Å². The predicted molar refractivity (Wildman–Crippen MR) is 122 cm³/mol. The predicted octanol–water partition coefficient (Wildman–Crippen LogP) is 4.29. The topological polar surface area (TPSA) is 58.7 Å². The van der Waals surface area contributed by atoms with Crippen LogP contribution in [0.3, 0.4) is 0 Å². The number of phenolic OH excluding ortho intramolecular Hbond substituents is 1. The molecule has 1 fully saturated rings. The minimum absolute atomic E-state index is 0.108. The third-order valence-electron chi connectivity index (χ3n) is 7.33. The molecule has 2 aromatic carbocycles. The zero-order valence-electron chi connectivity index (χ0n) is 18.6. The summed E-state index contributed by atoms with van der Waals surface area (Å²) in [6.07, 6.45) is 4.22. The largest absolute Gasteiger partial charge is 0.507 e. The summed E-state index contributed by atoms with van der Waals surface area (Å²) in [4.78, 5) is 2.63. The summed E-state index contributed by atoms with van der Waals surface area (Å²) in [6.45, 7) is 9.20. The summed E-state index contributed by atoms with van der Waals surface area (Å²) < 4.78 is 6.45. The normalized spacial score (nSPS) is 23.9. The summed E-state index contributed by atoms with van der Waals surface area (Å²) in [5.41, 5.74) is 11.9. The molecule has 4 heteroatoms. The Labute approximate surface area is 181 Å². The van der Waals surface area contributed by atoms with Gasteiger partial charge < -0.3 is 20.5 Å². The summed E-state index contributed by atoms with van der Waals surface area (Å²) in [5, 5.41) is 10.6. The van der Waals surface area contributed by atoms with Gasteiger partial charge in [0.05, 0.1) is 12.2 Å². The lowest BCUT2D eigenvalue weighted by molar-refractivity contribution is -0.0665. The SMILES string of the molecule is Cc1ccccc1CC(C)N1CCC(C2Cc3c(ccc(C)c3O)C(CN)O2)CC1. The lowest BCUT2D eigenvalue weighted by Gasteiger charge is -2.42. The molecule has 2 heterocycles. The second-order valence-electron chi connectivity index (χ2n) is 9.25. The van der Waals surface area contributed by atoms with E-state index in [1.165, 1.54) is 11.1 Å². The highest BCUT2D eigenvalue weighted by Gasteiger charge is 2.36. The maximum Gasteiger partial charge on any atom is 0.122 e. The number of nitrogens with two attached hydrogens (primary N) is 1. The van der Waals surface area contributed by atoms with Gasteiger partial charge in [0.15, 0.2) is 0 Å². The van der Waals surface area contributed by atoms with Crippen molar-refractivity contribution in [2.24, 2.45) is 11.7 Å². The molecule has 0 aromatic heterocycles. The molecule has 2 aliphatic heterocycles. The molecule has 0 radical (unpaired) electrons. The molecule has 3 N–H and O–H groups in total. The van der Waals surface area contributed by atoms with E-state index >= 15 is 0 Å². The molecule has 0 aliphatic carbocycles. The van der Waals surface area contributed by atoms with Crippen LogP contribution in [-0.4, -0.2) is 41.8 Å². The van der Waals surface area contributed by atoms with Gasteiger partial charge in [-0.2, -0.15) is 0 Å². The van der Waals surface area contributed by atoms with Gasteiger partial charge in [0.2, 0.25) is 0 Å². The third kappa shape index (κ3) is 4.27. The number of hydrogen-bond donors (Lipinski definition) is 2. The maximum atomic E-state index is 10.6. The summed E-state index contributed by atoms with van der Waals surface area (Å²) in [7, 11) is 0. The Bertz CT molecular complexity index is 873. The van der Waals surface area contributed by atoms with Crippen molar-refractivity contribution in [1.29, 1.82) is 0 Å². The molecule has 2 aliphatic rings. The minimum atomic E-state index is -0.108. The zero-order chi connectivity index (χ0) is 21.3. The Morgan fingerprint density at radius 3 is 2.53 bits per heavy atom. The van der Waals surface area contributed by atoms with E-state index in [0.29, 0.717) is 24.3 Å². The van der Waals surface area contributed by atoms with Crippen molar-refractivity contribution in [2.75, 3.05) is 19.6 Å². The van der Waals surface area contributed by atoms with Crippen LogP contribution in [0.25, 0.3) is 0 Å². The second-order valence-corrected chi connectivity index (χ2v) is 9.25. The standard InChI is InChI=1S/C26H36N2O2/c1-17-6-4-5-7-21(17)14-19(3)28-12-10-20(11-13-28)24-15-23-22(25(16-27)30-24)9-8-18(2)26(23)29/h4-9,19-20,24-25,29H,10-16,27H2,1-3H3. The number of nitrogens with zero attached hydrogens (tertiary/aromatic N) is 1. The van der Waals surface area contributed by atoms with Gasteiger partial charge in [-0.3, -0.25) is 0 Å². The van der Waals surface area contributed by atoms with E-state index in [9.17, 15) is 5.11 Å². The fraction of sp³-hybridized carbons (Fsp3) is 0.538. The first kappa shape index (κ1) is 21.4. The van der Waals surface area contributed by atoms with Crippen LogP contribution in [0.5, 0.6) is 5.75 Å². The molecule has 0 spiro atoms. The first-order chi connectivity index (χ1) is 14.5. The Balaban J connectivity index is 1.39. The maximum absolute atomic E-state index is 10.6. The van der Waals surface area contributed by atoms with Crippen LogP contribution in [-0.2, 0) is 17.6 Å². The number of aryl methyl sites for hydroxylation is 2. The average Bonchev–Trinajstić information content (AvgIpc) is 2.77. The lowest BCUT2D eigenvalue weighted by Crippen LogP contribution is -2.45. The quantitative estimate of drug-likeness (QED) is 0.775. The average molecular weight is 409 g/mol. The van der Waals surface area contributed by atoms with E-state index in [1.54, 1.807) is 0 Å². The highest BCUT2D eigenvalue weighted by molar-refractivity contribution is 5.47. The first-order valence-electron chi connectivity index (χ1n) is 11.4. The number of piperidine rings is 1. The van der Waals surface area contributed by atoms with Crippen molar-refractivity contribution in [3.8, 4) is 5.75 Å². The van der Waals surface area contributed by atoms with E-state index < -0.39 is 0 Å². The van der Waals surface area contributed by atoms with Crippen LogP contribution in [0, 0.1) is 19.8 Å². The summed E-state index contributed by atoms with van der Waals surface area (Å²) in [5.74, 6) is 0.956. The van der Waals surface area contributed by atoms with Crippen LogP contribution in [0.1, 0.15) is 53.7 Å². The zero-order valence-corrected chi connectivity index (χ0v) is 18.6. The number of hydrogen-bond acceptors (Lipinski definition) is 4. The van der Waals surface area contributed by atoms with Crippen molar-refractivity contribution in [2.45, 2.75) is 64.7 Å². The first-order valence-corrected chi connectivity index (χ1v) is 11.4. The molecular formula is C26H36N2O2. The van der Waals surface area contributed by atoms with Gasteiger partial charge in [0.25, 0.3) is 0 Å². The second kappa shape index (κ2) is 9.09. The number of benzene rings is 2. The van der Waals surface area contributed by atoms with Gasteiger partial charge >= 0.3 is 0 Å². The number of fused-ring (bicyclic) bond motifs is 1. The van der Waals surface area contributed by atoms with Crippen LogP contribution in [0.2, 0.25) is 0 Å². The van der Waals surface area contributed by atoms with Crippen LogP contribution < -0.4 is 5.73 Å². The van der Waals surface area contributed by atoms with Crippen molar-refractivity contribution in [3.05, 3.63) is 64.2 Å². The highest BCUT2D eigenvalue weighted by atomic mass is 16.5. The summed E-state index contributed by atoms with van der Waals surface area (Å²) >= 11 is 0. The van der Waals surface area contributed by atoms with E-state index in [2.05, 4.69) is 49.1 Å². The molecule has 2 aromatic rings. The van der Waals surface area contributed by atoms with Gasteiger partial charge in [-0.25, -0.2) is 0 Å². The Morgan fingerprint density at radius 1 is 1.10 bits per heavy atom. The van der Waals surface area contributed by atoms with Gasteiger partial charge in [-0.15, -0.1) is 0 Å². The van der Waals surface area contributed by atoms with Crippen LogP contribution in [0.15, 0.2) is 36.4 Å². The van der Waals surface area contributed by atoms with Crippen molar-refractivity contribution in [1.82, 2.24) is 4.90 Å². The Morgan fingerprint density at radius 2 is 1.83 bits per heavy atom. The van der Waals surface area contributed by atoms with E-state index in [0.717, 1.165) is 55.5 Å². The van der Waals surface area contributed by atoms with Crippen molar-refractivity contribution < 1.29 is 9.84 Å². The lowest BCUT2D eigenvalue weighted by atomic mass is 9.82. The summed E-state index contributed by atoms with van der Waals surface area (Å²) in [6, 6.07) is 13.3. The van der Waals surface area contributed by atoms with E-state index in [-0.39, 0.29) is 12.2 Å². The number of likely N-dealkylation sites (tertiary alicyclic amines) is 1. The molecule has 0 amide bonds. The van der Waals surface area contributed by atoms with E-state index in [4.69, 9.17) is 10.5 Å².